The summed E-state index contributed by atoms with van der Waals surface area (Å²) in [5.41, 5.74) is 7.23. The normalized spacial score (nSPS) is 18.5. The predicted octanol–water partition coefficient (Wildman–Crippen LogP) is 1.84. The molecular weight excluding hydrogens is 198 g/mol. The minimum Gasteiger partial charge on any atom is -0.333 e. The lowest BCUT2D eigenvalue weighted by atomic mass is 10.0. The Morgan fingerprint density at radius 3 is 2.86 bits per heavy atom. The van der Waals surface area contributed by atoms with E-state index in [1.807, 2.05) is 6.33 Å². The van der Waals surface area contributed by atoms with Crippen molar-refractivity contribution in [3.05, 3.63) is 17.2 Å². The number of hydrogen-bond acceptors (Lipinski definition) is 2. The molecule has 1 fully saturated rings. The number of aromatic nitrogens is 2. The van der Waals surface area contributed by atoms with Gasteiger partial charge in [-0.3, -0.25) is 0 Å². The van der Waals surface area contributed by atoms with E-state index in [0.29, 0.717) is 10.6 Å². The maximum atomic E-state index is 6.04. The van der Waals surface area contributed by atoms with Gasteiger partial charge in [0.2, 0.25) is 0 Å². The zero-order valence-electron chi connectivity index (χ0n) is 8.46. The van der Waals surface area contributed by atoms with Gasteiger partial charge in [0.05, 0.1) is 12.0 Å². The smallest absolute Gasteiger partial charge is 0.150 e. The number of halogens is 1. The van der Waals surface area contributed by atoms with Crippen molar-refractivity contribution in [2.24, 2.45) is 11.1 Å². The van der Waals surface area contributed by atoms with Gasteiger partial charge in [-0.05, 0) is 38.1 Å². The molecule has 2 rings (SSSR count). The lowest BCUT2D eigenvalue weighted by Crippen LogP contribution is -2.19. The first kappa shape index (κ1) is 9.99. The molecular formula is C10H16ClN3. The van der Waals surface area contributed by atoms with E-state index in [1.165, 1.54) is 12.8 Å². The molecule has 0 saturated heterocycles. The van der Waals surface area contributed by atoms with Crippen molar-refractivity contribution in [1.82, 2.24) is 9.55 Å². The van der Waals surface area contributed by atoms with E-state index in [1.54, 1.807) is 0 Å². The van der Waals surface area contributed by atoms with Crippen LogP contribution in [-0.4, -0.2) is 16.1 Å². The first-order valence-electron chi connectivity index (χ1n) is 5.10. The molecule has 0 amide bonds. The topological polar surface area (TPSA) is 43.8 Å². The Labute approximate surface area is 89.3 Å². The molecule has 0 unspecified atom stereocenters. The van der Waals surface area contributed by atoms with Crippen molar-refractivity contribution in [3.8, 4) is 0 Å². The van der Waals surface area contributed by atoms with Gasteiger partial charge < -0.3 is 10.3 Å². The summed E-state index contributed by atoms with van der Waals surface area (Å²) in [5, 5.41) is 0.645. The third-order valence-electron chi connectivity index (χ3n) is 3.17. The summed E-state index contributed by atoms with van der Waals surface area (Å²) in [6.07, 6.45) is 5.25. The lowest BCUT2D eigenvalue weighted by Gasteiger charge is -2.13. The number of rotatable bonds is 4. The Kier molecular flexibility index (Phi) is 2.54. The van der Waals surface area contributed by atoms with Crippen LogP contribution in [0, 0.1) is 5.41 Å². The summed E-state index contributed by atoms with van der Waals surface area (Å²) in [5.74, 6) is 0. The minimum absolute atomic E-state index is 0.330. The maximum Gasteiger partial charge on any atom is 0.150 e. The summed E-state index contributed by atoms with van der Waals surface area (Å²) < 4.78 is 2.11. The maximum absolute atomic E-state index is 6.04. The molecule has 4 heteroatoms. The highest BCUT2D eigenvalue weighted by Gasteiger charge is 2.42. The first-order chi connectivity index (χ1) is 6.71. The molecule has 1 saturated carbocycles. The Bertz CT molecular complexity index is 328. The zero-order chi connectivity index (χ0) is 10.2. The van der Waals surface area contributed by atoms with Crippen LogP contribution >= 0.6 is 11.6 Å². The number of nitrogens with two attached hydrogens (primary N) is 1. The van der Waals surface area contributed by atoms with E-state index in [9.17, 15) is 0 Å². The Hall–Kier alpha value is -0.540. The molecule has 2 N–H and O–H groups in total. The van der Waals surface area contributed by atoms with E-state index in [2.05, 4.69) is 16.5 Å². The molecule has 0 aliphatic heterocycles. The highest BCUT2D eigenvalue weighted by molar-refractivity contribution is 6.30. The van der Waals surface area contributed by atoms with Gasteiger partial charge in [-0.25, -0.2) is 4.98 Å². The first-order valence-corrected chi connectivity index (χ1v) is 5.48. The van der Waals surface area contributed by atoms with Crippen LogP contribution in [0.5, 0.6) is 0 Å². The average molecular weight is 214 g/mol. The molecule has 0 bridgehead atoms. The van der Waals surface area contributed by atoms with Gasteiger partial charge in [0.15, 0.2) is 0 Å². The van der Waals surface area contributed by atoms with Crippen LogP contribution < -0.4 is 5.73 Å². The highest BCUT2D eigenvalue weighted by atomic mass is 35.5. The van der Waals surface area contributed by atoms with E-state index < -0.39 is 0 Å². The molecule has 1 aliphatic carbocycles. The van der Waals surface area contributed by atoms with Crippen molar-refractivity contribution in [2.45, 2.75) is 32.7 Å². The quantitative estimate of drug-likeness (QED) is 0.830. The van der Waals surface area contributed by atoms with Crippen LogP contribution in [0.1, 0.15) is 25.5 Å². The van der Waals surface area contributed by atoms with Crippen molar-refractivity contribution < 1.29 is 0 Å². The van der Waals surface area contributed by atoms with Gasteiger partial charge >= 0.3 is 0 Å². The fourth-order valence-electron chi connectivity index (χ4n) is 1.82. The van der Waals surface area contributed by atoms with Crippen LogP contribution in [0.25, 0.3) is 0 Å². The molecule has 0 radical (unpaired) electrons. The van der Waals surface area contributed by atoms with E-state index in [4.69, 9.17) is 17.3 Å². The third kappa shape index (κ3) is 1.66. The minimum atomic E-state index is 0.330. The summed E-state index contributed by atoms with van der Waals surface area (Å²) >= 11 is 6.04. The second-order valence-electron chi connectivity index (χ2n) is 4.15. The molecule has 14 heavy (non-hydrogen) atoms. The zero-order valence-corrected chi connectivity index (χ0v) is 9.22. The monoisotopic (exact) mass is 213 g/mol. The predicted molar refractivity (Wildman–Crippen MR) is 57.3 cm³/mol. The fraction of sp³-hybridized carbons (Fsp3) is 0.700. The molecule has 0 spiro atoms. The van der Waals surface area contributed by atoms with Crippen LogP contribution in [0.4, 0.5) is 0 Å². The highest BCUT2D eigenvalue weighted by Crippen LogP contribution is 2.47. The van der Waals surface area contributed by atoms with Gasteiger partial charge in [-0.2, -0.15) is 0 Å². The second-order valence-corrected chi connectivity index (χ2v) is 4.51. The summed E-state index contributed by atoms with van der Waals surface area (Å²) in [4.78, 5) is 4.12. The van der Waals surface area contributed by atoms with E-state index in [0.717, 1.165) is 25.2 Å². The third-order valence-corrected chi connectivity index (χ3v) is 3.48. The van der Waals surface area contributed by atoms with Crippen LogP contribution in [-0.2, 0) is 13.0 Å². The van der Waals surface area contributed by atoms with Crippen molar-refractivity contribution in [1.29, 1.82) is 0 Å². The number of imidazole rings is 1. The largest absolute Gasteiger partial charge is 0.333 e. The second kappa shape index (κ2) is 3.55. The Morgan fingerprint density at radius 1 is 1.64 bits per heavy atom. The molecule has 1 aromatic rings. The number of aryl methyl sites for hydroxylation is 1. The number of nitrogens with zero attached hydrogens (tertiary/aromatic N) is 2. The average Bonchev–Trinajstić information content (AvgIpc) is 2.89. The Balaban J connectivity index is 2.19. The van der Waals surface area contributed by atoms with Crippen molar-refractivity contribution >= 4 is 11.6 Å². The van der Waals surface area contributed by atoms with Crippen molar-refractivity contribution in [2.75, 3.05) is 6.54 Å². The van der Waals surface area contributed by atoms with Gasteiger partial charge in [0.1, 0.15) is 5.15 Å². The molecule has 78 valence electrons. The Morgan fingerprint density at radius 2 is 2.36 bits per heavy atom. The SMILES string of the molecule is CCn1cnc(Cl)c1CC1(CN)CC1. The molecule has 0 atom stereocenters. The van der Waals surface area contributed by atoms with Crippen molar-refractivity contribution in [3.63, 3.8) is 0 Å². The summed E-state index contributed by atoms with van der Waals surface area (Å²) in [6.45, 7) is 3.79. The van der Waals surface area contributed by atoms with Gasteiger partial charge in [-0.1, -0.05) is 11.6 Å². The van der Waals surface area contributed by atoms with Crippen LogP contribution in [0.15, 0.2) is 6.33 Å². The van der Waals surface area contributed by atoms with Crippen LogP contribution in [0.2, 0.25) is 5.15 Å². The molecule has 1 aromatic heterocycles. The van der Waals surface area contributed by atoms with E-state index >= 15 is 0 Å². The number of hydrogen-bond donors (Lipinski definition) is 1. The van der Waals surface area contributed by atoms with Crippen LogP contribution in [0.3, 0.4) is 0 Å². The molecule has 0 aromatic carbocycles. The lowest BCUT2D eigenvalue weighted by molar-refractivity contribution is 0.499. The molecule has 3 nitrogen and oxygen atoms in total. The van der Waals surface area contributed by atoms with Gasteiger partial charge in [0, 0.05) is 6.54 Å². The summed E-state index contributed by atoms with van der Waals surface area (Å²) in [6, 6.07) is 0. The molecule has 1 heterocycles. The summed E-state index contributed by atoms with van der Waals surface area (Å²) in [7, 11) is 0. The van der Waals surface area contributed by atoms with E-state index in [-0.39, 0.29) is 0 Å². The fourth-order valence-corrected chi connectivity index (χ4v) is 2.03. The van der Waals surface area contributed by atoms with Gasteiger partial charge in [-0.15, -0.1) is 0 Å². The standard InChI is InChI=1S/C10H16ClN3/c1-2-14-7-13-9(11)8(14)5-10(6-12)3-4-10/h7H,2-6,12H2,1H3. The molecule has 1 aliphatic rings. The van der Waals surface area contributed by atoms with Gasteiger partial charge in [0.25, 0.3) is 0 Å².